The van der Waals surface area contributed by atoms with Crippen molar-refractivity contribution in [3.05, 3.63) is 100 Å². The first-order chi connectivity index (χ1) is 15.8. The number of hydrogen-bond donors (Lipinski definition) is 1. The molecule has 1 amide bonds. The SMILES string of the molecule is N#C/C(=C\c1cc(I)c(OCc2ccccc2F)c(I)c1)C(=O)Nc1cccc([N+](=O)[O-])c1. The molecule has 0 radical (unpaired) electrons. The summed E-state index contributed by atoms with van der Waals surface area (Å²) >= 11 is 4.13. The molecule has 0 saturated carbocycles. The summed E-state index contributed by atoms with van der Waals surface area (Å²) in [5.41, 5.74) is 0.875. The summed E-state index contributed by atoms with van der Waals surface area (Å²) in [6.45, 7) is 0.0585. The molecule has 0 aliphatic carbocycles. The molecule has 0 atom stereocenters. The maximum atomic E-state index is 13.8. The number of halogens is 3. The molecule has 0 fully saturated rings. The Labute approximate surface area is 215 Å². The number of rotatable bonds is 7. The number of nitrogens with one attached hydrogen (secondary N) is 1. The van der Waals surface area contributed by atoms with Gasteiger partial charge in [0.2, 0.25) is 0 Å². The van der Waals surface area contributed by atoms with Crippen LogP contribution in [-0.2, 0) is 11.4 Å². The van der Waals surface area contributed by atoms with Gasteiger partial charge in [-0.25, -0.2) is 4.39 Å². The van der Waals surface area contributed by atoms with Crippen molar-refractivity contribution in [2.75, 3.05) is 5.32 Å². The first-order valence-electron chi connectivity index (χ1n) is 9.31. The van der Waals surface area contributed by atoms with Gasteiger partial charge in [0.25, 0.3) is 11.6 Å². The third-order valence-corrected chi connectivity index (χ3v) is 5.94. The lowest BCUT2D eigenvalue weighted by atomic mass is 10.1. The van der Waals surface area contributed by atoms with Crippen molar-refractivity contribution in [2.24, 2.45) is 0 Å². The molecule has 33 heavy (non-hydrogen) atoms. The zero-order valence-corrected chi connectivity index (χ0v) is 21.0. The van der Waals surface area contributed by atoms with E-state index in [4.69, 9.17) is 4.74 Å². The average molecular weight is 669 g/mol. The van der Waals surface area contributed by atoms with Gasteiger partial charge in [-0.1, -0.05) is 24.3 Å². The fourth-order valence-electron chi connectivity index (χ4n) is 2.78. The number of nitrogens with zero attached hydrogens (tertiary/aromatic N) is 2. The van der Waals surface area contributed by atoms with Crippen LogP contribution in [0, 0.1) is 34.4 Å². The maximum Gasteiger partial charge on any atom is 0.271 e. The molecular formula is C23H14FI2N3O4. The molecule has 0 unspecified atom stereocenters. The molecule has 0 aromatic heterocycles. The van der Waals surface area contributed by atoms with E-state index < -0.39 is 10.8 Å². The number of nitriles is 1. The topological polar surface area (TPSA) is 105 Å². The number of non-ortho nitro benzene ring substituents is 1. The highest BCUT2D eigenvalue weighted by atomic mass is 127. The van der Waals surface area contributed by atoms with Crippen LogP contribution in [0.25, 0.3) is 6.08 Å². The zero-order valence-electron chi connectivity index (χ0n) is 16.7. The predicted octanol–water partition coefficient (Wildman–Crippen LogP) is 6.07. The Morgan fingerprint density at radius 3 is 2.48 bits per heavy atom. The van der Waals surface area contributed by atoms with Crippen LogP contribution < -0.4 is 10.1 Å². The molecule has 0 bridgehead atoms. The molecule has 0 heterocycles. The molecule has 7 nitrogen and oxygen atoms in total. The molecule has 0 aliphatic heterocycles. The average Bonchev–Trinajstić information content (AvgIpc) is 2.78. The number of ether oxygens (including phenoxy) is 1. The van der Waals surface area contributed by atoms with Crippen molar-refractivity contribution in [2.45, 2.75) is 6.61 Å². The van der Waals surface area contributed by atoms with Gasteiger partial charge in [-0.15, -0.1) is 0 Å². The summed E-state index contributed by atoms with van der Waals surface area (Å²) in [5.74, 6) is -0.477. The Balaban J connectivity index is 1.79. The monoisotopic (exact) mass is 669 g/mol. The van der Waals surface area contributed by atoms with E-state index in [-0.39, 0.29) is 29.4 Å². The van der Waals surface area contributed by atoms with Gasteiger partial charge < -0.3 is 10.1 Å². The predicted molar refractivity (Wildman–Crippen MR) is 138 cm³/mol. The second kappa shape index (κ2) is 11.2. The summed E-state index contributed by atoms with van der Waals surface area (Å²) in [6.07, 6.45) is 1.41. The lowest BCUT2D eigenvalue weighted by Gasteiger charge is -2.12. The first-order valence-corrected chi connectivity index (χ1v) is 11.5. The number of hydrogen-bond acceptors (Lipinski definition) is 5. The molecule has 3 rings (SSSR count). The minimum absolute atomic E-state index is 0.0585. The van der Waals surface area contributed by atoms with Crippen LogP contribution in [0.4, 0.5) is 15.8 Å². The number of carbonyl (C=O) groups is 1. The summed E-state index contributed by atoms with van der Waals surface area (Å²) in [6, 6.07) is 17.1. The van der Waals surface area contributed by atoms with Gasteiger partial charge in [-0.05, 0) is 81.1 Å². The molecule has 166 valence electrons. The molecule has 0 spiro atoms. The van der Waals surface area contributed by atoms with E-state index >= 15 is 0 Å². The summed E-state index contributed by atoms with van der Waals surface area (Å²) < 4.78 is 21.1. The lowest BCUT2D eigenvalue weighted by Crippen LogP contribution is -2.13. The van der Waals surface area contributed by atoms with Crippen molar-refractivity contribution in [3.63, 3.8) is 0 Å². The van der Waals surface area contributed by atoms with Crippen LogP contribution in [0.3, 0.4) is 0 Å². The number of amides is 1. The largest absolute Gasteiger partial charge is 0.487 e. The highest BCUT2D eigenvalue weighted by Crippen LogP contribution is 2.31. The van der Waals surface area contributed by atoms with Crippen molar-refractivity contribution in [1.82, 2.24) is 0 Å². The Morgan fingerprint density at radius 1 is 1.15 bits per heavy atom. The summed E-state index contributed by atoms with van der Waals surface area (Å²) in [5, 5.41) is 22.9. The number of anilines is 1. The van der Waals surface area contributed by atoms with Gasteiger partial charge in [0.1, 0.15) is 29.8 Å². The Hall–Kier alpha value is -3.05. The third kappa shape index (κ3) is 6.48. The van der Waals surface area contributed by atoms with Crippen LogP contribution in [0.15, 0.2) is 66.2 Å². The normalized spacial score (nSPS) is 10.9. The van der Waals surface area contributed by atoms with Gasteiger partial charge in [0.15, 0.2) is 0 Å². The second-order valence-electron chi connectivity index (χ2n) is 6.63. The van der Waals surface area contributed by atoms with Gasteiger partial charge >= 0.3 is 0 Å². The lowest BCUT2D eigenvalue weighted by molar-refractivity contribution is -0.384. The highest BCUT2D eigenvalue weighted by Gasteiger charge is 2.14. The first kappa shape index (κ1) is 24.6. The molecule has 0 aliphatic rings. The summed E-state index contributed by atoms with van der Waals surface area (Å²) in [7, 11) is 0. The number of nitro groups is 1. The number of nitro benzene ring substituents is 1. The van der Waals surface area contributed by atoms with Crippen LogP contribution in [0.2, 0.25) is 0 Å². The second-order valence-corrected chi connectivity index (χ2v) is 8.95. The standard InChI is InChI=1S/C23H14FI2N3O4/c24-19-7-2-1-4-15(19)13-33-22-20(25)9-14(10-21(22)26)8-16(12-27)23(30)28-17-5-3-6-18(11-17)29(31)32/h1-11H,13H2,(H,28,30)/b16-8+. The van der Waals surface area contributed by atoms with Crippen LogP contribution in [-0.4, -0.2) is 10.8 Å². The van der Waals surface area contributed by atoms with Crippen LogP contribution >= 0.6 is 45.2 Å². The van der Waals surface area contributed by atoms with Gasteiger partial charge in [-0.2, -0.15) is 5.26 Å². The minimum atomic E-state index is -0.692. The minimum Gasteiger partial charge on any atom is -0.487 e. The van der Waals surface area contributed by atoms with Gasteiger partial charge in [0, 0.05) is 23.4 Å². The van der Waals surface area contributed by atoms with E-state index in [1.54, 1.807) is 30.3 Å². The maximum absolute atomic E-state index is 13.8. The molecule has 0 saturated heterocycles. The molecule has 3 aromatic rings. The van der Waals surface area contributed by atoms with E-state index in [1.165, 1.54) is 36.4 Å². The quantitative estimate of drug-likeness (QED) is 0.108. The molecule has 3 aromatic carbocycles. The molecular weight excluding hydrogens is 655 g/mol. The van der Waals surface area contributed by atoms with Crippen molar-refractivity contribution in [1.29, 1.82) is 5.26 Å². The highest BCUT2D eigenvalue weighted by molar-refractivity contribution is 14.1. The van der Waals surface area contributed by atoms with Gasteiger partial charge in [0.05, 0.1) is 12.1 Å². The van der Waals surface area contributed by atoms with Crippen LogP contribution in [0.1, 0.15) is 11.1 Å². The van der Waals surface area contributed by atoms with Crippen molar-refractivity contribution >= 4 is 68.5 Å². The van der Waals surface area contributed by atoms with E-state index in [0.717, 1.165) is 7.14 Å². The van der Waals surface area contributed by atoms with Gasteiger partial charge in [-0.3, -0.25) is 14.9 Å². The smallest absolute Gasteiger partial charge is 0.271 e. The Morgan fingerprint density at radius 2 is 1.85 bits per heavy atom. The van der Waals surface area contributed by atoms with Crippen molar-refractivity contribution in [3.8, 4) is 11.8 Å². The fourth-order valence-corrected chi connectivity index (χ4v) is 4.90. The van der Waals surface area contributed by atoms with Crippen LogP contribution in [0.5, 0.6) is 5.75 Å². The van der Waals surface area contributed by atoms with E-state index in [0.29, 0.717) is 16.9 Å². The Kier molecular flexibility index (Phi) is 8.34. The molecule has 10 heteroatoms. The van der Waals surface area contributed by atoms with E-state index in [2.05, 4.69) is 50.5 Å². The number of benzene rings is 3. The van der Waals surface area contributed by atoms with E-state index in [1.807, 2.05) is 6.07 Å². The fraction of sp³-hybridized carbons (Fsp3) is 0.0435. The Bertz CT molecular complexity index is 1280. The summed E-state index contributed by atoms with van der Waals surface area (Å²) in [4.78, 5) is 22.9. The van der Waals surface area contributed by atoms with Crippen molar-refractivity contribution < 1.29 is 18.8 Å². The van der Waals surface area contributed by atoms with E-state index in [9.17, 15) is 24.6 Å². The zero-order chi connectivity index (χ0) is 24.0. The molecule has 1 N–H and O–H groups in total. The number of carbonyl (C=O) groups excluding carboxylic acids is 1. The third-order valence-electron chi connectivity index (χ3n) is 4.34.